The average molecular weight is 356 g/mol. The SMILES string of the molecule is CN(c1cc(Cl)cc(OCC(=O)O)c1)S(=O)(=O)c1ccccc1. The highest BCUT2D eigenvalue weighted by Crippen LogP contribution is 2.29. The summed E-state index contributed by atoms with van der Waals surface area (Å²) < 4.78 is 31.2. The lowest BCUT2D eigenvalue weighted by Crippen LogP contribution is -2.26. The lowest BCUT2D eigenvalue weighted by Gasteiger charge is -2.20. The highest BCUT2D eigenvalue weighted by molar-refractivity contribution is 7.92. The Hall–Kier alpha value is -2.25. The first-order valence-electron chi connectivity index (χ1n) is 6.50. The van der Waals surface area contributed by atoms with E-state index in [0.29, 0.717) is 0 Å². The minimum Gasteiger partial charge on any atom is -0.482 e. The number of halogens is 1. The van der Waals surface area contributed by atoms with Crippen LogP contribution in [0.5, 0.6) is 5.75 Å². The molecule has 122 valence electrons. The zero-order chi connectivity index (χ0) is 17.0. The van der Waals surface area contributed by atoms with E-state index in [9.17, 15) is 13.2 Å². The molecule has 1 N–H and O–H groups in total. The van der Waals surface area contributed by atoms with Gasteiger partial charge in [-0.25, -0.2) is 13.2 Å². The number of sulfonamides is 1. The number of ether oxygens (including phenoxy) is 1. The van der Waals surface area contributed by atoms with Crippen molar-refractivity contribution in [3.05, 3.63) is 53.6 Å². The second-order valence-corrected chi connectivity index (χ2v) is 7.02. The number of carbonyl (C=O) groups is 1. The molecular weight excluding hydrogens is 342 g/mol. The maximum atomic E-state index is 12.6. The highest BCUT2D eigenvalue weighted by atomic mass is 35.5. The van der Waals surface area contributed by atoms with E-state index in [4.69, 9.17) is 21.4 Å². The van der Waals surface area contributed by atoms with E-state index >= 15 is 0 Å². The normalized spacial score (nSPS) is 11.0. The van der Waals surface area contributed by atoms with Gasteiger partial charge in [-0.3, -0.25) is 4.31 Å². The first kappa shape index (κ1) is 17.1. The van der Waals surface area contributed by atoms with Crippen molar-refractivity contribution >= 4 is 33.3 Å². The molecule has 2 aromatic rings. The van der Waals surface area contributed by atoms with Gasteiger partial charge in [-0.2, -0.15) is 0 Å². The summed E-state index contributed by atoms with van der Waals surface area (Å²) >= 11 is 5.96. The summed E-state index contributed by atoms with van der Waals surface area (Å²) in [7, 11) is -2.37. The Morgan fingerprint density at radius 2 is 1.87 bits per heavy atom. The van der Waals surface area contributed by atoms with E-state index in [1.165, 1.54) is 37.4 Å². The third-order valence-electron chi connectivity index (χ3n) is 2.98. The Bertz CT molecular complexity index is 808. The van der Waals surface area contributed by atoms with Crippen LogP contribution in [-0.2, 0) is 14.8 Å². The number of benzene rings is 2. The molecule has 0 saturated heterocycles. The monoisotopic (exact) mass is 355 g/mol. The number of carboxylic acid groups (broad SMARTS) is 1. The molecule has 0 aliphatic heterocycles. The predicted octanol–water partition coefficient (Wildman–Crippen LogP) is 2.63. The van der Waals surface area contributed by atoms with Crippen LogP contribution in [0, 0.1) is 0 Å². The molecule has 8 heteroatoms. The van der Waals surface area contributed by atoms with E-state index in [-0.39, 0.29) is 21.4 Å². The van der Waals surface area contributed by atoms with Crippen LogP contribution in [0.2, 0.25) is 5.02 Å². The van der Waals surface area contributed by atoms with Gasteiger partial charge in [0.05, 0.1) is 10.6 Å². The fourth-order valence-corrected chi connectivity index (χ4v) is 3.27. The zero-order valence-corrected chi connectivity index (χ0v) is 13.7. The van der Waals surface area contributed by atoms with Gasteiger partial charge in [0.15, 0.2) is 6.61 Å². The Morgan fingerprint density at radius 3 is 2.48 bits per heavy atom. The van der Waals surface area contributed by atoms with Crippen LogP contribution in [-0.4, -0.2) is 33.1 Å². The molecule has 0 aromatic heterocycles. The zero-order valence-electron chi connectivity index (χ0n) is 12.1. The van der Waals surface area contributed by atoms with Crippen LogP contribution >= 0.6 is 11.6 Å². The van der Waals surface area contributed by atoms with Crippen LogP contribution in [0.3, 0.4) is 0 Å². The first-order valence-corrected chi connectivity index (χ1v) is 8.31. The molecular formula is C15H14ClNO5S. The number of anilines is 1. The van der Waals surface area contributed by atoms with Gasteiger partial charge in [0.1, 0.15) is 5.75 Å². The molecule has 23 heavy (non-hydrogen) atoms. The molecule has 0 bridgehead atoms. The van der Waals surface area contributed by atoms with Gasteiger partial charge in [-0.05, 0) is 24.3 Å². The number of aliphatic carboxylic acids is 1. The van der Waals surface area contributed by atoms with Crippen molar-refractivity contribution in [1.29, 1.82) is 0 Å². The molecule has 0 radical (unpaired) electrons. The van der Waals surface area contributed by atoms with Crippen molar-refractivity contribution in [3.8, 4) is 5.75 Å². The van der Waals surface area contributed by atoms with Crippen molar-refractivity contribution in [1.82, 2.24) is 0 Å². The topological polar surface area (TPSA) is 83.9 Å². The Labute approximate surface area is 138 Å². The fourth-order valence-electron chi connectivity index (χ4n) is 1.85. The number of nitrogens with zero attached hydrogens (tertiary/aromatic N) is 1. The highest BCUT2D eigenvalue weighted by Gasteiger charge is 2.21. The Morgan fingerprint density at radius 1 is 1.22 bits per heavy atom. The molecule has 0 unspecified atom stereocenters. The van der Waals surface area contributed by atoms with Gasteiger partial charge in [0, 0.05) is 18.1 Å². The summed E-state index contributed by atoms with van der Waals surface area (Å²) in [6.45, 7) is -0.547. The van der Waals surface area contributed by atoms with Crippen molar-refractivity contribution in [2.75, 3.05) is 18.0 Å². The number of carboxylic acids is 1. The molecule has 0 aliphatic rings. The van der Waals surface area contributed by atoms with Crippen molar-refractivity contribution < 1.29 is 23.1 Å². The summed E-state index contributed by atoms with van der Waals surface area (Å²) in [5.41, 5.74) is 0.266. The number of hydrogen-bond donors (Lipinski definition) is 1. The molecule has 0 saturated carbocycles. The molecule has 6 nitrogen and oxygen atoms in total. The largest absolute Gasteiger partial charge is 0.482 e. The molecule has 0 atom stereocenters. The van der Waals surface area contributed by atoms with Gasteiger partial charge in [-0.1, -0.05) is 29.8 Å². The van der Waals surface area contributed by atoms with E-state index in [1.807, 2.05) is 0 Å². The van der Waals surface area contributed by atoms with Crippen molar-refractivity contribution in [2.24, 2.45) is 0 Å². The first-order chi connectivity index (χ1) is 10.8. The standard InChI is InChI=1S/C15H14ClNO5S/c1-17(23(20,21)14-5-3-2-4-6-14)12-7-11(16)8-13(9-12)22-10-15(18)19/h2-9H,10H2,1H3,(H,18,19). The number of hydrogen-bond acceptors (Lipinski definition) is 4. The van der Waals surface area contributed by atoms with Gasteiger partial charge >= 0.3 is 5.97 Å². The summed E-state index contributed by atoms with van der Waals surface area (Å²) in [4.78, 5) is 10.7. The van der Waals surface area contributed by atoms with Crippen molar-refractivity contribution in [3.63, 3.8) is 0 Å². The summed E-state index contributed by atoms with van der Waals surface area (Å²) in [5.74, 6) is -0.971. The lowest BCUT2D eigenvalue weighted by molar-refractivity contribution is -0.139. The van der Waals surface area contributed by atoms with Gasteiger partial charge in [0.2, 0.25) is 0 Å². The third-order valence-corrected chi connectivity index (χ3v) is 5.00. The smallest absolute Gasteiger partial charge is 0.341 e. The minimum absolute atomic E-state index is 0.135. The molecule has 0 heterocycles. The van der Waals surface area contributed by atoms with Crippen LogP contribution in [0.1, 0.15) is 0 Å². The maximum absolute atomic E-state index is 12.6. The van der Waals surface area contributed by atoms with E-state index in [2.05, 4.69) is 0 Å². The second-order valence-electron chi connectivity index (χ2n) is 4.61. The summed E-state index contributed by atoms with van der Waals surface area (Å²) in [6, 6.07) is 12.2. The predicted molar refractivity (Wildman–Crippen MR) is 86.6 cm³/mol. The maximum Gasteiger partial charge on any atom is 0.341 e. The molecule has 2 rings (SSSR count). The minimum atomic E-state index is -3.75. The lowest BCUT2D eigenvalue weighted by atomic mass is 10.3. The van der Waals surface area contributed by atoms with E-state index in [1.54, 1.807) is 18.2 Å². The molecule has 0 spiro atoms. The van der Waals surface area contributed by atoms with Crippen LogP contribution in [0.4, 0.5) is 5.69 Å². The molecule has 0 amide bonds. The van der Waals surface area contributed by atoms with Crippen LogP contribution in [0.25, 0.3) is 0 Å². The summed E-state index contributed by atoms with van der Waals surface area (Å²) in [6.07, 6.45) is 0. The fraction of sp³-hybridized carbons (Fsp3) is 0.133. The van der Waals surface area contributed by atoms with Crippen LogP contribution in [0.15, 0.2) is 53.4 Å². The Kier molecular flexibility index (Phi) is 5.12. The van der Waals surface area contributed by atoms with Gasteiger partial charge in [0.25, 0.3) is 10.0 Å². The summed E-state index contributed by atoms with van der Waals surface area (Å²) in [5, 5.41) is 8.87. The van der Waals surface area contributed by atoms with E-state index in [0.717, 1.165) is 4.31 Å². The Balaban J connectivity index is 2.35. The average Bonchev–Trinajstić information content (AvgIpc) is 2.52. The van der Waals surface area contributed by atoms with E-state index < -0.39 is 22.6 Å². The quantitative estimate of drug-likeness (QED) is 0.861. The molecule has 0 fully saturated rings. The van der Waals surface area contributed by atoms with Gasteiger partial charge in [-0.15, -0.1) is 0 Å². The second kappa shape index (κ2) is 6.89. The van der Waals surface area contributed by atoms with Crippen LogP contribution < -0.4 is 9.04 Å². The molecule has 2 aromatic carbocycles. The molecule has 0 aliphatic carbocycles. The third kappa shape index (κ3) is 4.14. The number of rotatable bonds is 6. The van der Waals surface area contributed by atoms with Crippen molar-refractivity contribution in [2.45, 2.75) is 4.90 Å². The van der Waals surface area contributed by atoms with Gasteiger partial charge < -0.3 is 9.84 Å².